The molecule has 32 heavy (non-hydrogen) atoms. The third-order valence-corrected chi connectivity index (χ3v) is 6.18. The van der Waals surface area contributed by atoms with E-state index in [1.165, 1.54) is 22.3 Å². The Morgan fingerprint density at radius 2 is 1.62 bits per heavy atom. The van der Waals surface area contributed by atoms with Gasteiger partial charge in [0.1, 0.15) is 12.2 Å². The van der Waals surface area contributed by atoms with E-state index in [1.807, 2.05) is 57.0 Å². The second-order valence-corrected chi connectivity index (χ2v) is 9.69. The lowest BCUT2D eigenvalue weighted by Crippen LogP contribution is -2.41. The normalized spacial score (nSPS) is 17.9. The number of likely N-dealkylation sites (N-methyl/N-ethyl adjacent to an activating group) is 1. The van der Waals surface area contributed by atoms with Crippen LogP contribution in [0.4, 0.5) is 4.79 Å². The highest BCUT2D eigenvalue weighted by atomic mass is 16.6. The fraction of sp³-hybridized carbons (Fsp3) is 0.462. The van der Waals surface area contributed by atoms with Crippen molar-refractivity contribution >= 4 is 12.1 Å². The Hall–Kier alpha value is -2.86. The molecule has 6 heteroatoms. The minimum Gasteiger partial charge on any atom is -0.459 e. The van der Waals surface area contributed by atoms with Crippen LogP contribution in [0.15, 0.2) is 48.5 Å². The van der Waals surface area contributed by atoms with Crippen molar-refractivity contribution in [1.82, 2.24) is 9.80 Å². The first-order valence-corrected chi connectivity index (χ1v) is 11.2. The number of fused-ring (bicyclic) bond motifs is 3. The second-order valence-electron chi connectivity index (χ2n) is 9.69. The summed E-state index contributed by atoms with van der Waals surface area (Å²) in [5.41, 5.74) is 4.35. The van der Waals surface area contributed by atoms with E-state index in [4.69, 9.17) is 9.47 Å². The number of benzene rings is 2. The van der Waals surface area contributed by atoms with Crippen molar-refractivity contribution in [2.75, 3.05) is 33.3 Å². The summed E-state index contributed by atoms with van der Waals surface area (Å²) in [5, 5.41) is 0. The molecule has 0 saturated carbocycles. The SMILES string of the molecule is CN(CC(=O)OC(C)(C)C)C1CCN(C(=O)OCC2c3ccccc3-c3ccccc32)C1. The first-order chi connectivity index (χ1) is 15.2. The van der Waals surface area contributed by atoms with Gasteiger partial charge < -0.3 is 14.4 Å². The monoisotopic (exact) mass is 436 g/mol. The molecule has 1 saturated heterocycles. The largest absolute Gasteiger partial charge is 0.459 e. The van der Waals surface area contributed by atoms with Crippen LogP contribution in [0.3, 0.4) is 0 Å². The number of hydrogen-bond donors (Lipinski definition) is 0. The zero-order chi connectivity index (χ0) is 22.9. The van der Waals surface area contributed by atoms with Gasteiger partial charge in [0.2, 0.25) is 0 Å². The number of amides is 1. The van der Waals surface area contributed by atoms with Gasteiger partial charge in [-0.05, 0) is 56.5 Å². The molecule has 6 nitrogen and oxygen atoms in total. The van der Waals surface area contributed by atoms with Crippen molar-refractivity contribution in [3.63, 3.8) is 0 Å². The summed E-state index contributed by atoms with van der Waals surface area (Å²) < 4.78 is 11.2. The van der Waals surface area contributed by atoms with E-state index in [0.717, 1.165) is 6.42 Å². The minimum absolute atomic E-state index is 0.0552. The number of ether oxygens (including phenoxy) is 2. The van der Waals surface area contributed by atoms with E-state index < -0.39 is 5.60 Å². The summed E-state index contributed by atoms with van der Waals surface area (Å²) in [5.74, 6) is -0.195. The molecule has 1 fully saturated rings. The molecule has 2 aromatic rings. The van der Waals surface area contributed by atoms with Gasteiger partial charge in [-0.3, -0.25) is 9.69 Å². The Morgan fingerprint density at radius 1 is 1.03 bits per heavy atom. The molecule has 0 N–H and O–H groups in total. The van der Waals surface area contributed by atoms with Gasteiger partial charge in [-0.25, -0.2) is 4.79 Å². The molecule has 1 aliphatic heterocycles. The number of esters is 1. The van der Waals surface area contributed by atoms with E-state index in [2.05, 4.69) is 24.3 Å². The van der Waals surface area contributed by atoms with Crippen molar-refractivity contribution in [2.45, 2.75) is 44.8 Å². The third kappa shape index (κ3) is 4.80. The predicted octanol–water partition coefficient (Wildman–Crippen LogP) is 4.28. The average Bonchev–Trinajstić information content (AvgIpc) is 3.34. The summed E-state index contributed by atoms with van der Waals surface area (Å²) in [6.07, 6.45) is 0.517. The van der Waals surface area contributed by atoms with Crippen LogP contribution in [-0.4, -0.2) is 66.8 Å². The molecule has 1 atom stereocenters. The van der Waals surface area contributed by atoms with Gasteiger partial charge >= 0.3 is 12.1 Å². The number of nitrogens with zero attached hydrogens (tertiary/aromatic N) is 2. The van der Waals surface area contributed by atoms with Crippen LogP contribution < -0.4 is 0 Å². The highest BCUT2D eigenvalue weighted by Crippen LogP contribution is 2.44. The highest BCUT2D eigenvalue weighted by molar-refractivity contribution is 5.79. The fourth-order valence-corrected chi connectivity index (χ4v) is 4.66. The third-order valence-electron chi connectivity index (χ3n) is 6.18. The topological polar surface area (TPSA) is 59.1 Å². The number of hydrogen-bond acceptors (Lipinski definition) is 5. The molecule has 1 amide bonds. The van der Waals surface area contributed by atoms with Gasteiger partial charge in [0.25, 0.3) is 0 Å². The highest BCUT2D eigenvalue weighted by Gasteiger charge is 2.33. The predicted molar refractivity (Wildman–Crippen MR) is 124 cm³/mol. The quantitative estimate of drug-likeness (QED) is 0.655. The van der Waals surface area contributed by atoms with E-state index >= 15 is 0 Å². The second kappa shape index (κ2) is 8.94. The Bertz CT molecular complexity index is 952. The molecular weight excluding hydrogens is 404 g/mol. The molecule has 0 radical (unpaired) electrons. The standard InChI is InChI=1S/C26H32N2O4/c1-26(2,3)32-24(29)16-27(4)18-13-14-28(15-18)25(30)31-17-23-21-11-7-5-9-19(21)20-10-6-8-12-22(20)23/h5-12,18,23H,13-17H2,1-4H3. The summed E-state index contributed by atoms with van der Waals surface area (Å²) in [4.78, 5) is 28.6. The Kier molecular flexibility index (Phi) is 6.24. The van der Waals surface area contributed by atoms with Gasteiger partial charge in [0, 0.05) is 25.0 Å². The van der Waals surface area contributed by atoms with Crippen molar-refractivity contribution in [3.05, 3.63) is 59.7 Å². The van der Waals surface area contributed by atoms with Gasteiger partial charge in [-0.15, -0.1) is 0 Å². The van der Waals surface area contributed by atoms with Crippen molar-refractivity contribution in [3.8, 4) is 11.1 Å². The van der Waals surface area contributed by atoms with E-state index in [-0.39, 0.29) is 30.6 Å². The molecule has 0 spiro atoms. The van der Waals surface area contributed by atoms with Crippen molar-refractivity contribution in [1.29, 1.82) is 0 Å². The minimum atomic E-state index is -0.499. The van der Waals surface area contributed by atoms with E-state index in [0.29, 0.717) is 19.7 Å². The lowest BCUT2D eigenvalue weighted by molar-refractivity contribution is -0.156. The smallest absolute Gasteiger partial charge is 0.409 e. The molecule has 2 aromatic carbocycles. The summed E-state index contributed by atoms with van der Waals surface area (Å²) in [6, 6.07) is 16.8. The van der Waals surface area contributed by atoms with Gasteiger partial charge in [0.15, 0.2) is 0 Å². The van der Waals surface area contributed by atoms with Crippen LogP contribution in [-0.2, 0) is 14.3 Å². The van der Waals surface area contributed by atoms with Crippen molar-refractivity contribution in [2.24, 2.45) is 0 Å². The molecule has 2 aliphatic rings. The molecule has 1 aliphatic carbocycles. The van der Waals surface area contributed by atoms with Gasteiger partial charge in [-0.1, -0.05) is 48.5 Å². The van der Waals surface area contributed by atoms with Crippen LogP contribution in [0, 0.1) is 0 Å². The Labute approximate surface area is 190 Å². The first-order valence-electron chi connectivity index (χ1n) is 11.2. The van der Waals surface area contributed by atoms with Crippen LogP contribution in [0.25, 0.3) is 11.1 Å². The summed E-state index contributed by atoms with van der Waals surface area (Å²) in [6.45, 7) is 7.29. The lowest BCUT2D eigenvalue weighted by atomic mass is 9.98. The van der Waals surface area contributed by atoms with E-state index in [1.54, 1.807) is 4.90 Å². The molecule has 0 aromatic heterocycles. The molecule has 1 heterocycles. The molecule has 0 bridgehead atoms. The van der Waals surface area contributed by atoms with E-state index in [9.17, 15) is 9.59 Å². The average molecular weight is 437 g/mol. The van der Waals surface area contributed by atoms with Crippen LogP contribution >= 0.6 is 0 Å². The maximum absolute atomic E-state index is 12.8. The first kappa shape index (κ1) is 22.3. The fourth-order valence-electron chi connectivity index (χ4n) is 4.66. The number of rotatable bonds is 5. The zero-order valence-electron chi connectivity index (χ0n) is 19.3. The van der Waals surface area contributed by atoms with Gasteiger partial charge in [-0.2, -0.15) is 0 Å². The summed E-state index contributed by atoms with van der Waals surface area (Å²) >= 11 is 0. The molecular formula is C26H32N2O4. The van der Waals surface area contributed by atoms with Crippen LogP contribution in [0.2, 0.25) is 0 Å². The molecule has 170 valence electrons. The molecule has 1 unspecified atom stereocenters. The van der Waals surface area contributed by atoms with Crippen molar-refractivity contribution < 1.29 is 19.1 Å². The molecule has 4 rings (SSSR count). The Balaban J connectivity index is 1.33. The van der Waals surface area contributed by atoms with Gasteiger partial charge in [0.05, 0.1) is 6.54 Å². The Morgan fingerprint density at radius 3 is 2.22 bits per heavy atom. The summed E-state index contributed by atoms with van der Waals surface area (Å²) in [7, 11) is 1.90. The maximum Gasteiger partial charge on any atom is 0.409 e. The maximum atomic E-state index is 12.8. The van der Waals surface area contributed by atoms with Crippen LogP contribution in [0.1, 0.15) is 44.2 Å². The van der Waals surface area contributed by atoms with Crippen LogP contribution in [0.5, 0.6) is 0 Å². The number of likely N-dealkylation sites (tertiary alicyclic amines) is 1. The number of carbonyl (C=O) groups excluding carboxylic acids is 2. The lowest BCUT2D eigenvalue weighted by Gasteiger charge is -2.26. The number of carbonyl (C=O) groups is 2. The zero-order valence-corrected chi connectivity index (χ0v) is 19.3.